The van der Waals surface area contributed by atoms with Crippen LogP contribution in [-0.4, -0.2) is 48.3 Å². The van der Waals surface area contributed by atoms with Crippen molar-refractivity contribution in [3.63, 3.8) is 0 Å². The first-order valence-corrected chi connectivity index (χ1v) is 8.32. The minimum Gasteiger partial charge on any atom is -0.392 e. The predicted octanol–water partition coefficient (Wildman–Crippen LogP) is 2.25. The number of likely N-dealkylation sites (tertiary alicyclic amines) is 1. The zero-order valence-corrected chi connectivity index (χ0v) is 12.8. The van der Waals surface area contributed by atoms with E-state index >= 15 is 0 Å². The summed E-state index contributed by atoms with van der Waals surface area (Å²) in [5.74, 6) is 1.50. The van der Waals surface area contributed by atoms with Crippen molar-refractivity contribution in [3.05, 3.63) is 0 Å². The van der Waals surface area contributed by atoms with Gasteiger partial charge >= 0.3 is 0 Å². The van der Waals surface area contributed by atoms with Crippen LogP contribution in [0.15, 0.2) is 0 Å². The predicted molar refractivity (Wildman–Crippen MR) is 80.3 cm³/mol. The number of nitrogens with zero attached hydrogens (tertiary/aromatic N) is 1. The SMILES string of the molecule is CCNC1CCN(CC(O)CC2CCCC2)CC1C. The Morgan fingerprint density at radius 1 is 1.26 bits per heavy atom. The summed E-state index contributed by atoms with van der Waals surface area (Å²) in [4.78, 5) is 2.47. The van der Waals surface area contributed by atoms with Crippen molar-refractivity contribution in [1.82, 2.24) is 10.2 Å². The third-order valence-corrected chi connectivity index (χ3v) is 5.00. The van der Waals surface area contributed by atoms with E-state index < -0.39 is 0 Å². The van der Waals surface area contributed by atoms with Crippen LogP contribution in [0.25, 0.3) is 0 Å². The second kappa shape index (κ2) is 7.61. The molecule has 2 aliphatic rings. The molecule has 1 saturated carbocycles. The van der Waals surface area contributed by atoms with Crippen LogP contribution in [0.5, 0.6) is 0 Å². The minimum atomic E-state index is -0.106. The van der Waals surface area contributed by atoms with Crippen LogP contribution < -0.4 is 5.32 Å². The second-order valence-electron chi connectivity index (χ2n) is 6.73. The molecule has 3 heteroatoms. The van der Waals surface area contributed by atoms with Gasteiger partial charge in [-0.15, -0.1) is 0 Å². The molecule has 112 valence electrons. The summed E-state index contributed by atoms with van der Waals surface area (Å²) in [6.45, 7) is 8.76. The molecule has 3 unspecified atom stereocenters. The van der Waals surface area contributed by atoms with Gasteiger partial charge in [-0.05, 0) is 37.8 Å². The number of β-amino-alcohol motifs (C(OH)–C–C–N with tert-alkyl or cyclic N) is 1. The summed E-state index contributed by atoms with van der Waals surface area (Å²) < 4.78 is 0. The zero-order valence-electron chi connectivity index (χ0n) is 12.8. The average molecular weight is 268 g/mol. The molecule has 0 bridgehead atoms. The second-order valence-corrected chi connectivity index (χ2v) is 6.73. The molecule has 0 aromatic heterocycles. The lowest BCUT2D eigenvalue weighted by molar-refractivity contribution is 0.0623. The van der Waals surface area contributed by atoms with E-state index in [4.69, 9.17) is 0 Å². The smallest absolute Gasteiger partial charge is 0.0669 e. The molecule has 2 N–H and O–H groups in total. The first kappa shape index (κ1) is 15.3. The van der Waals surface area contributed by atoms with Crippen LogP contribution in [0.1, 0.15) is 52.4 Å². The van der Waals surface area contributed by atoms with Gasteiger partial charge in [-0.3, -0.25) is 0 Å². The fourth-order valence-corrected chi connectivity index (χ4v) is 3.97. The van der Waals surface area contributed by atoms with Gasteiger partial charge in [0.05, 0.1) is 6.10 Å². The lowest BCUT2D eigenvalue weighted by Crippen LogP contribution is -2.50. The molecule has 1 saturated heterocycles. The Labute approximate surface area is 118 Å². The number of hydrogen-bond acceptors (Lipinski definition) is 3. The third kappa shape index (κ3) is 4.73. The summed E-state index contributed by atoms with van der Waals surface area (Å²) in [7, 11) is 0. The van der Waals surface area contributed by atoms with Crippen LogP contribution in [-0.2, 0) is 0 Å². The van der Waals surface area contributed by atoms with E-state index in [2.05, 4.69) is 24.1 Å². The average Bonchev–Trinajstić information content (AvgIpc) is 2.85. The molecule has 1 heterocycles. The first-order chi connectivity index (χ1) is 9.19. The fraction of sp³-hybridized carbons (Fsp3) is 1.00. The summed E-state index contributed by atoms with van der Waals surface area (Å²) in [5, 5.41) is 13.8. The molecule has 3 nitrogen and oxygen atoms in total. The van der Waals surface area contributed by atoms with Gasteiger partial charge in [0.25, 0.3) is 0 Å². The summed E-state index contributed by atoms with van der Waals surface area (Å²) in [6, 6.07) is 0.674. The quantitative estimate of drug-likeness (QED) is 0.775. The Bertz CT molecular complexity index is 253. The van der Waals surface area contributed by atoms with Crippen molar-refractivity contribution >= 4 is 0 Å². The number of aliphatic hydroxyl groups is 1. The van der Waals surface area contributed by atoms with Gasteiger partial charge in [-0.1, -0.05) is 39.5 Å². The van der Waals surface area contributed by atoms with Crippen molar-refractivity contribution in [2.24, 2.45) is 11.8 Å². The van der Waals surface area contributed by atoms with Crippen LogP contribution in [0.4, 0.5) is 0 Å². The zero-order chi connectivity index (χ0) is 13.7. The molecule has 0 amide bonds. The van der Waals surface area contributed by atoms with Crippen molar-refractivity contribution in [2.75, 3.05) is 26.2 Å². The van der Waals surface area contributed by atoms with Crippen LogP contribution in [0, 0.1) is 11.8 Å². The Kier molecular flexibility index (Phi) is 6.11. The van der Waals surface area contributed by atoms with E-state index in [0.29, 0.717) is 12.0 Å². The van der Waals surface area contributed by atoms with Crippen LogP contribution in [0.3, 0.4) is 0 Å². The molecule has 0 spiro atoms. The number of aliphatic hydroxyl groups excluding tert-OH is 1. The maximum atomic E-state index is 10.3. The van der Waals surface area contributed by atoms with Crippen molar-refractivity contribution in [3.8, 4) is 0 Å². The summed E-state index contributed by atoms with van der Waals surface area (Å²) >= 11 is 0. The molecular formula is C16H32N2O. The fourth-order valence-electron chi connectivity index (χ4n) is 3.97. The Balaban J connectivity index is 1.68. The normalized spacial score (nSPS) is 31.7. The van der Waals surface area contributed by atoms with Crippen molar-refractivity contribution in [1.29, 1.82) is 0 Å². The number of piperidine rings is 1. The maximum absolute atomic E-state index is 10.3. The van der Waals surface area contributed by atoms with E-state index in [1.54, 1.807) is 0 Å². The number of hydrogen-bond donors (Lipinski definition) is 2. The molecular weight excluding hydrogens is 236 g/mol. The van der Waals surface area contributed by atoms with E-state index in [1.807, 2.05) is 0 Å². The molecule has 19 heavy (non-hydrogen) atoms. The lowest BCUT2D eigenvalue weighted by atomic mass is 9.93. The lowest BCUT2D eigenvalue weighted by Gasteiger charge is -2.38. The molecule has 0 aromatic carbocycles. The van der Waals surface area contributed by atoms with E-state index in [0.717, 1.165) is 38.5 Å². The molecule has 2 fully saturated rings. The first-order valence-electron chi connectivity index (χ1n) is 8.32. The van der Waals surface area contributed by atoms with E-state index in [-0.39, 0.29) is 6.10 Å². The largest absolute Gasteiger partial charge is 0.392 e. The van der Waals surface area contributed by atoms with Gasteiger partial charge in [-0.2, -0.15) is 0 Å². The maximum Gasteiger partial charge on any atom is 0.0669 e. The highest BCUT2D eigenvalue weighted by Crippen LogP contribution is 2.29. The number of nitrogens with one attached hydrogen (secondary N) is 1. The van der Waals surface area contributed by atoms with Crippen LogP contribution >= 0.6 is 0 Å². The Hall–Kier alpha value is -0.120. The summed E-state index contributed by atoms with van der Waals surface area (Å²) in [6.07, 6.45) is 7.59. The van der Waals surface area contributed by atoms with Gasteiger partial charge in [0.2, 0.25) is 0 Å². The summed E-state index contributed by atoms with van der Waals surface area (Å²) in [5.41, 5.74) is 0. The standard InChI is InChI=1S/C16H32N2O/c1-3-17-16-8-9-18(11-13(16)2)12-15(19)10-14-6-4-5-7-14/h13-17,19H,3-12H2,1-2H3. The van der Waals surface area contributed by atoms with Gasteiger partial charge < -0.3 is 15.3 Å². The highest BCUT2D eigenvalue weighted by Gasteiger charge is 2.27. The third-order valence-electron chi connectivity index (χ3n) is 5.00. The topological polar surface area (TPSA) is 35.5 Å². The van der Waals surface area contributed by atoms with Crippen LogP contribution in [0.2, 0.25) is 0 Å². The van der Waals surface area contributed by atoms with Gasteiger partial charge in [0.1, 0.15) is 0 Å². The number of rotatable bonds is 6. The van der Waals surface area contributed by atoms with E-state index in [9.17, 15) is 5.11 Å². The monoisotopic (exact) mass is 268 g/mol. The highest BCUT2D eigenvalue weighted by molar-refractivity contribution is 4.84. The molecule has 1 aliphatic heterocycles. The molecule has 2 rings (SSSR count). The van der Waals surface area contributed by atoms with Gasteiger partial charge in [0.15, 0.2) is 0 Å². The van der Waals surface area contributed by atoms with E-state index in [1.165, 1.54) is 32.1 Å². The molecule has 0 radical (unpaired) electrons. The highest BCUT2D eigenvalue weighted by atomic mass is 16.3. The molecule has 3 atom stereocenters. The van der Waals surface area contributed by atoms with Crippen molar-refractivity contribution < 1.29 is 5.11 Å². The van der Waals surface area contributed by atoms with Gasteiger partial charge in [0, 0.05) is 19.1 Å². The Morgan fingerprint density at radius 2 is 2.00 bits per heavy atom. The van der Waals surface area contributed by atoms with Gasteiger partial charge in [-0.25, -0.2) is 0 Å². The minimum absolute atomic E-state index is 0.106. The molecule has 0 aromatic rings. The Morgan fingerprint density at radius 3 is 2.63 bits per heavy atom. The molecule has 1 aliphatic carbocycles. The van der Waals surface area contributed by atoms with Crippen molar-refractivity contribution in [2.45, 2.75) is 64.5 Å².